The van der Waals surface area contributed by atoms with E-state index in [0.717, 1.165) is 0 Å². The lowest BCUT2D eigenvalue weighted by Gasteiger charge is -2.13. The SMILES string of the molecule is CCCCCCc1c(CCCCCC)c2sc(-c3ccc(-c4cc5c(s4)c(CCCCCC)c(CCCCCC)c4sccc45)cc3)cc2c2ccsc12. The summed E-state index contributed by atoms with van der Waals surface area (Å²) in [6.45, 7) is 9.30. The summed E-state index contributed by atoms with van der Waals surface area (Å²) in [5, 5.41) is 10.6. The van der Waals surface area contributed by atoms with Gasteiger partial charge in [0.05, 0.1) is 0 Å². The molecule has 286 valence electrons. The van der Waals surface area contributed by atoms with Crippen LogP contribution < -0.4 is 0 Å². The van der Waals surface area contributed by atoms with Gasteiger partial charge >= 0.3 is 0 Å². The van der Waals surface area contributed by atoms with Crippen LogP contribution in [-0.4, -0.2) is 0 Å². The minimum absolute atomic E-state index is 1.22. The molecule has 0 nitrogen and oxygen atoms in total. The van der Waals surface area contributed by atoms with Crippen LogP contribution in [0.2, 0.25) is 0 Å². The van der Waals surface area contributed by atoms with Crippen LogP contribution >= 0.6 is 45.3 Å². The molecular formula is C50H62S4. The first-order valence-corrected chi connectivity index (χ1v) is 25.1. The number of rotatable bonds is 22. The van der Waals surface area contributed by atoms with Gasteiger partial charge in [0.15, 0.2) is 0 Å². The average molecular weight is 791 g/mol. The molecule has 0 amide bonds. The molecule has 0 radical (unpaired) electrons. The lowest BCUT2D eigenvalue weighted by Crippen LogP contribution is -1.97. The van der Waals surface area contributed by atoms with E-state index in [1.165, 1.54) is 171 Å². The molecule has 4 aromatic heterocycles. The average Bonchev–Trinajstić information content (AvgIpc) is 4.02. The Hall–Kier alpha value is -2.50. The molecule has 4 heterocycles. The highest BCUT2D eigenvalue weighted by Crippen LogP contribution is 2.47. The summed E-state index contributed by atoms with van der Waals surface area (Å²) in [7, 11) is 0. The standard InChI is InChI=1S/C50H62S4/c1-5-9-13-17-21-37-39(23-19-15-11-7-3)49-43(41-29-31-51-47(37)41)33-45(53-49)35-25-27-36(28-26-35)46-34-44-42-30-32-52-48(42)38(22-18-14-10-6-2)40(50(44)54-46)24-20-16-12-8-4/h25-34H,5-24H2,1-4H3. The summed E-state index contributed by atoms with van der Waals surface area (Å²) < 4.78 is 6.23. The molecule has 0 bridgehead atoms. The van der Waals surface area contributed by atoms with E-state index < -0.39 is 0 Å². The molecule has 0 saturated heterocycles. The zero-order valence-corrected chi connectivity index (χ0v) is 36.8. The van der Waals surface area contributed by atoms with Gasteiger partial charge in [0.1, 0.15) is 0 Å². The maximum absolute atomic E-state index is 2.53. The van der Waals surface area contributed by atoms with Crippen LogP contribution in [0.3, 0.4) is 0 Å². The maximum Gasteiger partial charge on any atom is 0.0391 e. The van der Waals surface area contributed by atoms with Crippen molar-refractivity contribution in [1.29, 1.82) is 0 Å². The Morgan fingerprint density at radius 3 is 1.02 bits per heavy atom. The second-order valence-electron chi connectivity index (χ2n) is 15.8. The van der Waals surface area contributed by atoms with Crippen molar-refractivity contribution < 1.29 is 0 Å². The molecule has 3 aromatic carbocycles. The highest BCUT2D eigenvalue weighted by molar-refractivity contribution is 7.23. The molecular weight excluding hydrogens is 729 g/mol. The van der Waals surface area contributed by atoms with Crippen LogP contribution in [-0.2, 0) is 25.7 Å². The number of hydrogen-bond acceptors (Lipinski definition) is 4. The Morgan fingerprint density at radius 1 is 0.352 bits per heavy atom. The lowest BCUT2D eigenvalue weighted by atomic mass is 9.93. The highest BCUT2D eigenvalue weighted by atomic mass is 32.1. The van der Waals surface area contributed by atoms with Crippen molar-refractivity contribution in [2.45, 2.75) is 156 Å². The Kier molecular flexibility index (Phi) is 14.4. The second-order valence-corrected chi connectivity index (χ2v) is 19.7. The van der Waals surface area contributed by atoms with Gasteiger partial charge in [0.25, 0.3) is 0 Å². The zero-order chi connectivity index (χ0) is 37.3. The minimum Gasteiger partial charge on any atom is -0.143 e. The Morgan fingerprint density at radius 2 is 0.685 bits per heavy atom. The van der Waals surface area contributed by atoms with E-state index in [0.29, 0.717) is 0 Å². The molecule has 0 aliphatic heterocycles. The molecule has 0 spiro atoms. The molecule has 54 heavy (non-hydrogen) atoms. The van der Waals surface area contributed by atoms with Crippen molar-refractivity contribution in [3.8, 4) is 20.9 Å². The summed E-state index contributed by atoms with van der Waals surface area (Å²) in [4.78, 5) is 2.83. The lowest BCUT2D eigenvalue weighted by molar-refractivity contribution is 0.654. The first kappa shape index (κ1) is 39.7. The first-order chi connectivity index (χ1) is 26.7. The molecule has 0 saturated carbocycles. The third-order valence-electron chi connectivity index (χ3n) is 11.8. The van der Waals surface area contributed by atoms with Gasteiger partial charge in [0, 0.05) is 50.1 Å². The van der Waals surface area contributed by atoms with Gasteiger partial charge in [-0.25, -0.2) is 0 Å². The molecule has 0 unspecified atom stereocenters. The molecule has 0 fully saturated rings. The van der Waals surface area contributed by atoms with Crippen molar-refractivity contribution in [1.82, 2.24) is 0 Å². The fourth-order valence-electron chi connectivity index (χ4n) is 8.74. The Bertz CT molecular complexity index is 2070. The van der Waals surface area contributed by atoms with E-state index in [-0.39, 0.29) is 0 Å². The van der Waals surface area contributed by atoms with Crippen LogP contribution in [0.15, 0.2) is 59.3 Å². The molecule has 0 aliphatic carbocycles. The number of hydrogen-bond donors (Lipinski definition) is 0. The van der Waals surface area contributed by atoms with Gasteiger partial charge in [-0.15, -0.1) is 45.3 Å². The van der Waals surface area contributed by atoms with Crippen molar-refractivity contribution >= 4 is 85.7 Å². The Labute approximate surface area is 342 Å². The zero-order valence-electron chi connectivity index (χ0n) is 33.5. The predicted octanol–water partition coefficient (Wildman–Crippen LogP) is 18.4. The van der Waals surface area contributed by atoms with Gasteiger partial charge in [-0.2, -0.15) is 0 Å². The molecule has 0 atom stereocenters. The molecule has 4 heteroatoms. The van der Waals surface area contributed by atoms with E-state index in [2.05, 4.69) is 110 Å². The number of benzene rings is 3. The van der Waals surface area contributed by atoms with E-state index in [1.807, 2.05) is 22.7 Å². The van der Waals surface area contributed by atoms with Crippen molar-refractivity contribution in [2.75, 3.05) is 0 Å². The van der Waals surface area contributed by atoms with Crippen LogP contribution in [0, 0.1) is 0 Å². The first-order valence-electron chi connectivity index (χ1n) is 21.7. The van der Waals surface area contributed by atoms with E-state index in [9.17, 15) is 0 Å². The third kappa shape index (κ3) is 8.73. The van der Waals surface area contributed by atoms with E-state index >= 15 is 0 Å². The number of fused-ring (bicyclic) bond motifs is 6. The van der Waals surface area contributed by atoms with Gasteiger partial charge in [-0.05, 0) is 120 Å². The summed E-state index contributed by atoms with van der Waals surface area (Å²) in [5.41, 5.74) is 9.39. The molecule has 0 aliphatic rings. The minimum atomic E-state index is 1.22. The quantitative estimate of drug-likeness (QED) is 0.0600. The fraction of sp³-hybridized carbons (Fsp3) is 0.480. The Balaban J connectivity index is 1.23. The normalized spacial score (nSPS) is 12.1. The van der Waals surface area contributed by atoms with Crippen LogP contribution in [0.25, 0.3) is 61.2 Å². The maximum atomic E-state index is 2.53. The topological polar surface area (TPSA) is 0 Å². The van der Waals surface area contributed by atoms with Crippen LogP contribution in [0.5, 0.6) is 0 Å². The predicted molar refractivity (Wildman–Crippen MR) is 250 cm³/mol. The van der Waals surface area contributed by atoms with Gasteiger partial charge in [-0.3, -0.25) is 0 Å². The van der Waals surface area contributed by atoms with Crippen molar-refractivity contribution in [3.63, 3.8) is 0 Å². The summed E-state index contributed by atoms with van der Waals surface area (Å²) in [6.07, 6.45) is 26.1. The van der Waals surface area contributed by atoms with E-state index in [4.69, 9.17) is 0 Å². The summed E-state index contributed by atoms with van der Waals surface area (Å²) in [5.74, 6) is 0. The fourth-order valence-corrected chi connectivity index (χ4v) is 13.3. The number of aryl methyl sites for hydroxylation is 4. The highest BCUT2D eigenvalue weighted by Gasteiger charge is 2.21. The van der Waals surface area contributed by atoms with Gasteiger partial charge < -0.3 is 0 Å². The second kappa shape index (κ2) is 19.6. The monoisotopic (exact) mass is 790 g/mol. The van der Waals surface area contributed by atoms with Crippen LogP contribution in [0.4, 0.5) is 0 Å². The number of thiophene rings is 4. The number of unbranched alkanes of at least 4 members (excludes halogenated alkanes) is 12. The molecule has 0 N–H and O–H groups in total. The van der Waals surface area contributed by atoms with Crippen molar-refractivity contribution in [2.24, 2.45) is 0 Å². The third-order valence-corrected chi connectivity index (χ3v) is 16.2. The van der Waals surface area contributed by atoms with E-state index in [1.54, 1.807) is 41.1 Å². The van der Waals surface area contributed by atoms with Crippen LogP contribution in [0.1, 0.15) is 153 Å². The summed E-state index contributed by atoms with van der Waals surface area (Å²) in [6, 6.07) is 19.5. The van der Waals surface area contributed by atoms with Gasteiger partial charge in [0.2, 0.25) is 0 Å². The van der Waals surface area contributed by atoms with Gasteiger partial charge in [-0.1, -0.05) is 129 Å². The molecule has 7 rings (SSSR count). The smallest absolute Gasteiger partial charge is 0.0391 e. The molecule has 7 aromatic rings. The largest absolute Gasteiger partial charge is 0.143 e. The summed E-state index contributed by atoms with van der Waals surface area (Å²) >= 11 is 8.07. The van der Waals surface area contributed by atoms with Crippen molar-refractivity contribution in [3.05, 3.63) is 81.5 Å².